The highest BCUT2D eigenvalue weighted by Gasteiger charge is 2.07. The van der Waals surface area contributed by atoms with E-state index in [9.17, 15) is 0 Å². The summed E-state index contributed by atoms with van der Waals surface area (Å²) >= 11 is 9.16. The molecule has 0 spiro atoms. The Hall–Kier alpha value is -1.76. The SMILES string of the molecule is COc1cc(NN=C(C#N)C#N)c(Br)cc1Cl. The summed E-state index contributed by atoms with van der Waals surface area (Å²) in [5, 5.41) is 21.1. The van der Waals surface area contributed by atoms with Crippen LogP contribution in [0.1, 0.15) is 0 Å². The first-order valence-electron chi connectivity index (χ1n) is 4.29. The van der Waals surface area contributed by atoms with Gasteiger partial charge in [-0.05, 0) is 22.0 Å². The van der Waals surface area contributed by atoms with Gasteiger partial charge >= 0.3 is 0 Å². The van der Waals surface area contributed by atoms with E-state index in [1.807, 2.05) is 0 Å². The van der Waals surface area contributed by atoms with Gasteiger partial charge in [0.25, 0.3) is 0 Å². The van der Waals surface area contributed by atoms with E-state index in [1.165, 1.54) is 7.11 Å². The molecular weight excluding hydrogens is 307 g/mol. The summed E-state index contributed by atoms with van der Waals surface area (Å²) in [7, 11) is 1.48. The van der Waals surface area contributed by atoms with E-state index >= 15 is 0 Å². The van der Waals surface area contributed by atoms with Crippen LogP contribution in [-0.4, -0.2) is 12.8 Å². The van der Waals surface area contributed by atoms with Crippen molar-refractivity contribution < 1.29 is 4.74 Å². The molecule has 0 aromatic heterocycles. The maximum atomic E-state index is 8.52. The lowest BCUT2D eigenvalue weighted by Crippen LogP contribution is -1.97. The number of hydrogen-bond acceptors (Lipinski definition) is 5. The number of hydrazone groups is 1. The molecule has 7 heteroatoms. The van der Waals surface area contributed by atoms with Gasteiger partial charge < -0.3 is 4.74 Å². The molecule has 5 nitrogen and oxygen atoms in total. The Bertz CT molecular complexity index is 528. The number of hydrogen-bond donors (Lipinski definition) is 1. The Morgan fingerprint density at radius 2 is 2.12 bits per heavy atom. The second kappa shape index (κ2) is 6.09. The molecule has 0 atom stereocenters. The summed E-state index contributed by atoms with van der Waals surface area (Å²) in [6.07, 6.45) is 0. The second-order valence-electron chi connectivity index (χ2n) is 2.76. The van der Waals surface area contributed by atoms with Gasteiger partial charge in [0, 0.05) is 10.5 Å². The van der Waals surface area contributed by atoms with Gasteiger partial charge in [-0.3, -0.25) is 5.43 Å². The van der Waals surface area contributed by atoms with Gasteiger partial charge in [0.05, 0.1) is 17.8 Å². The van der Waals surface area contributed by atoms with Crippen molar-refractivity contribution in [2.45, 2.75) is 0 Å². The molecule has 0 unspecified atom stereocenters. The van der Waals surface area contributed by atoms with E-state index in [1.54, 1.807) is 24.3 Å². The third kappa shape index (κ3) is 3.35. The molecule has 0 aliphatic heterocycles. The van der Waals surface area contributed by atoms with Crippen LogP contribution in [0.25, 0.3) is 0 Å². The summed E-state index contributed by atoms with van der Waals surface area (Å²) in [6.45, 7) is 0. The predicted octanol–water partition coefficient (Wildman–Crippen LogP) is 2.93. The van der Waals surface area contributed by atoms with Crippen LogP contribution in [0.3, 0.4) is 0 Å². The van der Waals surface area contributed by atoms with Crippen LogP contribution >= 0.6 is 27.5 Å². The molecule has 0 radical (unpaired) electrons. The summed E-state index contributed by atoms with van der Waals surface area (Å²) in [5.74, 6) is 0.461. The largest absolute Gasteiger partial charge is 0.495 e. The Morgan fingerprint density at radius 1 is 1.47 bits per heavy atom. The number of nitrogens with zero attached hydrogens (tertiary/aromatic N) is 3. The molecule has 0 saturated carbocycles. The number of nitrogens with one attached hydrogen (secondary N) is 1. The molecule has 1 N–H and O–H groups in total. The van der Waals surface area contributed by atoms with Crippen molar-refractivity contribution in [2.24, 2.45) is 5.10 Å². The summed E-state index contributed by atoms with van der Waals surface area (Å²) in [5.41, 5.74) is 2.84. The quantitative estimate of drug-likeness (QED) is 0.687. The van der Waals surface area contributed by atoms with Gasteiger partial charge in [0.15, 0.2) is 0 Å². The fourth-order valence-corrected chi connectivity index (χ4v) is 1.77. The normalized spacial score (nSPS) is 8.76. The van der Waals surface area contributed by atoms with E-state index < -0.39 is 0 Å². The van der Waals surface area contributed by atoms with Crippen LogP contribution in [-0.2, 0) is 0 Å². The number of methoxy groups -OCH3 is 1. The third-order valence-corrected chi connectivity index (χ3v) is 2.69. The maximum absolute atomic E-state index is 8.52. The fraction of sp³-hybridized carbons (Fsp3) is 0.100. The van der Waals surface area contributed by atoms with Gasteiger partial charge in [-0.1, -0.05) is 11.6 Å². The Labute approximate surface area is 111 Å². The smallest absolute Gasteiger partial charge is 0.237 e. The van der Waals surface area contributed by atoms with E-state index in [0.29, 0.717) is 20.9 Å². The lowest BCUT2D eigenvalue weighted by atomic mass is 10.3. The van der Waals surface area contributed by atoms with E-state index in [4.69, 9.17) is 26.9 Å². The van der Waals surface area contributed by atoms with Crippen molar-refractivity contribution in [1.29, 1.82) is 10.5 Å². The van der Waals surface area contributed by atoms with Crippen LogP contribution < -0.4 is 10.2 Å². The van der Waals surface area contributed by atoms with Gasteiger partial charge in [-0.25, -0.2) is 0 Å². The highest BCUT2D eigenvalue weighted by atomic mass is 79.9. The molecule has 0 saturated heterocycles. The summed E-state index contributed by atoms with van der Waals surface area (Å²) in [6, 6.07) is 6.49. The zero-order valence-corrected chi connectivity index (χ0v) is 11.0. The fourth-order valence-electron chi connectivity index (χ4n) is 0.962. The molecule has 17 heavy (non-hydrogen) atoms. The standard InChI is InChI=1S/C10H6BrClN4O/c1-17-10-3-9(7(11)2-8(10)12)16-15-6(4-13)5-14/h2-3,16H,1H3. The molecule has 1 rings (SSSR count). The van der Waals surface area contributed by atoms with Crippen molar-refractivity contribution in [3.05, 3.63) is 21.6 Å². The van der Waals surface area contributed by atoms with Crippen molar-refractivity contribution >= 4 is 38.9 Å². The number of halogens is 2. The highest BCUT2D eigenvalue weighted by Crippen LogP contribution is 2.34. The van der Waals surface area contributed by atoms with E-state index in [-0.39, 0.29) is 5.71 Å². The molecule has 0 heterocycles. The number of benzene rings is 1. The number of nitriles is 2. The molecule has 0 aliphatic rings. The maximum Gasteiger partial charge on any atom is 0.237 e. The minimum Gasteiger partial charge on any atom is -0.495 e. The molecule has 0 fully saturated rings. The Balaban J connectivity index is 3.05. The molecular formula is C10H6BrClN4O. The van der Waals surface area contributed by atoms with Crippen LogP contribution in [0.15, 0.2) is 21.7 Å². The topological polar surface area (TPSA) is 81.2 Å². The molecule has 1 aromatic rings. The van der Waals surface area contributed by atoms with Gasteiger partial charge in [-0.15, -0.1) is 0 Å². The van der Waals surface area contributed by atoms with Crippen molar-refractivity contribution in [1.82, 2.24) is 0 Å². The third-order valence-electron chi connectivity index (χ3n) is 1.74. The molecule has 0 amide bonds. The zero-order valence-electron chi connectivity index (χ0n) is 8.66. The Kier molecular flexibility index (Phi) is 4.77. The van der Waals surface area contributed by atoms with E-state index in [0.717, 1.165) is 0 Å². The van der Waals surface area contributed by atoms with Gasteiger partial charge in [0.1, 0.15) is 17.9 Å². The molecule has 86 valence electrons. The summed E-state index contributed by atoms with van der Waals surface area (Å²) in [4.78, 5) is 0. The van der Waals surface area contributed by atoms with Crippen molar-refractivity contribution in [2.75, 3.05) is 12.5 Å². The van der Waals surface area contributed by atoms with Crippen molar-refractivity contribution in [3.63, 3.8) is 0 Å². The minimum atomic E-state index is -0.272. The first kappa shape index (κ1) is 13.3. The predicted molar refractivity (Wildman–Crippen MR) is 68.0 cm³/mol. The zero-order chi connectivity index (χ0) is 12.8. The molecule has 1 aromatic carbocycles. The number of ether oxygens (including phenoxy) is 1. The average molecular weight is 314 g/mol. The van der Waals surface area contributed by atoms with Crippen LogP contribution in [0.2, 0.25) is 5.02 Å². The Morgan fingerprint density at radius 3 is 2.65 bits per heavy atom. The lowest BCUT2D eigenvalue weighted by molar-refractivity contribution is 0.415. The highest BCUT2D eigenvalue weighted by molar-refractivity contribution is 9.10. The first-order valence-corrected chi connectivity index (χ1v) is 5.46. The molecule has 0 aliphatic carbocycles. The second-order valence-corrected chi connectivity index (χ2v) is 4.02. The van der Waals surface area contributed by atoms with Crippen LogP contribution in [0, 0.1) is 22.7 Å². The monoisotopic (exact) mass is 312 g/mol. The summed E-state index contributed by atoms with van der Waals surface area (Å²) < 4.78 is 5.67. The van der Waals surface area contributed by atoms with Crippen LogP contribution in [0.4, 0.5) is 5.69 Å². The van der Waals surface area contributed by atoms with Crippen molar-refractivity contribution in [3.8, 4) is 17.9 Å². The number of anilines is 1. The van der Waals surface area contributed by atoms with Crippen LogP contribution in [0.5, 0.6) is 5.75 Å². The average Bonchev–Trinajstić information content (AvgIpc) is 2.32. The first-order chi connectivity index (χ1) is 8.12. The molecule has 0 bridgehead atoms. The van der Waals surface area contributed by atoms with Gasteiger partial charge in [0.2, 0.25) is 5.71 Å². The minimum absolute atomic E-state index is 0.272. The number of rotatable bonds is 3. The van der Waals surface area contributed by atoms with E-state index in [2.05, 4.69) is 26.5 Å². The van der Waals surface area contributed by atoms with Gasteiger partial charge in [-0.2, -0.15) is 15.6 Å². The lowest BCUT2D eigenvalue weighted by Gasteiger charge is -2.08.